The average Bonchev–Trinajstić information content (AvgIpc) is 3.17. The normalized spacial score (nSPS) is 18.8. The smallest absolute Gasteiger partial charge is 0.263 e. The Hall–Kier alpha value is -2.10. The number of hydrogen-bond donors (Lipinski definition) is 1. The van der Waals surface area contributed by atoms with Crippen molar-refractivity contribution in [2.75, 3.05) is 31.1 Å². The fourth-order valence-corrected chi connectivity index (χ4v) is 6.03. The Morgan fingerprint density at radius 1 is 1.13 bits per heavy atom. The van der Waals surface area contributed by atoms with Gasteiger partial charge in [0.05, 0.1) is 5.56 Å². The van der Waals surface area contributed by atoms with Crippen LogP contribution in [-0.2, 0) is 17.1 Å². The molecule has 1 aliphatic heterocycles. The summed E-state index contributed by atoms with van der Waals surface area (Å²) in [5.41, 5.74) is 1.08. The van der Waals surface area contributed by atoms with Crippen LogP contribution < -0.4 is 10.2 Å². The number of sulfonamides is 1. The molecular weight excluding hydrogens is 438 g/mol. The molecule has 2 heterocycles. The molecular formula is C21H28ClN5O3S. The first-order chi connectivity index (χ1) is 14.8. The van der Waals surface area contributed by atoms with Crippen molar-refractivity contribution in [1.29, 1.82) is 0 Å². The van der Waals surface area contributed by atoms with Crippen LogP contribution in [0.2, 0.25) is 5.02 Å². The maximum atomic E-state index is 13.3. The Balaban J connectivity index is 1.48. The quantitative estimate of drug-likeness (QED) is 0.733. The third-order valence-corrected chi connectivity index (χ3v) is 8.05. The Labute approximate surface area is 188 Å². The zero-order valence-corrected chi connectivity index (χ0v) is 19.2. The summed E-state index contributed by atoms with van der Waals surface area (Å²) in [6.45, 7) is 1.70. The molecule has 0 spiro atoms. The number of carbonyl (C=O) groups is 1. The van der Waals surface area contributed by atoms with Crippen LogP contribution in [0.5, 0.6) is 0 Å². The lowest BCUT2D eigenvalue weighted by Crippen LogP contribution is -2.49. The molecule has 2 aromatic rings. The van der Waals surface area contributed by atoms with Crippen molar-refractivity contribution in [3.63, 3.8) is 0 Å². The number of carbonyl (C=O) groups excluding carboxylic acids is 1. The number of nitrogens with one attached hydrogen (secondary N) is 1. The molecule has 1 saturated carbocycles. The molecule has 1 aromatic carbocycles. The summed E-state index contributed by atoms with van der Waals surface area (Å²) in [5.74, 6) is -0.365. The molecule has 10 heteroatoms. The lowest BCUT2D eigenvalue weighted by molar-refractivity contribution is 0.0924. The Bertz CT molecular complexity index is 1040. The van der Waals surface area contributed by atoms with E-state index in [0.29, 0.717) is 31.2 Å². The molecule has 4 rings (SSSR count). The Morgan fingerprint density at radius 3 is 2.52 bits per heavy atom. The molecule has 2 fully saturated rings. The van der Waals surface area contributed by atoms with E-state index in [0.717, 1.165) is 31.4 Å². The zero-order chi connectivity index (χ0) is 22.0. The van der Waals surface area contributed by atoms with Gasteiger partial charge < -0.3 is 10.2 Å². The second-order valence-electron chi connectivity index (χ2n) is 8.20. The van der Waals surface area contributed by atoms with Gasteiger partial charge in [-0.1, -0.05) is 36.9 Å². The second kappa shape index (κ2) is 9.18. The van der Waals surface area contributed by atoms with Crippen LogP contribution in [0.4, 0.5) is 5.69 Å². The van der Waals surface area contributed by atoms with Crippen molar-refractivity contribution >= 4 is 33.2 Å². The summed E-state index contributed by atoms with van der Waals surface area (Å²) in [6, 6.07) is 7.62. The van der Waals surface area contributed by atoms with Gasteiger partial charge in [-0.2, -0.15) is 9.40 Å². The van der Waals surface area contributed by atoms with Crippen LogP contribution in [0.3, 0.4) is 0 Å². The summed E-state index contributed by atoms with van der Waals surface area (Å²) in [7, 11) is -2.25. The van der Waals surface area contributed by atoms with Gasteiger partial charge in [0.2, 0.25) is 5.03 Å². The first kappa shape index (κ1) is 22.1. The fraction of sp³-hybridized carbons (Fsp3) is 0.524. The van der Waals surface area contributed by atoms with E-state index in [2.05, 4.69) is 15.3 Å². The van der Waals surface area contributed by atoms with E-state index in [1.54, 1.807) is 7.05 Å². The van der Waals surface area contributed by atoms with Crippen molar-refractivity contribution < 1.29 is 13.2 Å². The van der Waals surface area contributed by atoms with Crippen molar-refractivity contribution in [2.24, 2.45) is 7.05 Å². The standard InChI is InChI=1S/C21H28ClN5O3S/c1-25-15-19(20(28)23-17-7-3-2-4-8-17)21(24-25)31(29,30)27-12-10-26(11-13-27)18-9-5-6-16(22)14-18/h5-6,9,14-15,17H,2-4,7-8,10-13H2,1H3,(H,23,28). The largest absolute Gasteiger partial charge is 0.369 e. The number of nitrogens with zero attached hydrogens (tertiary/aromatic N) is 4. The van der Waals surface area contributed by atoms with E-state index in [1.807, 2.05) is 24.3 Å². The topological polar surface area (TPSA) is 87.5 Å². The molecule has 0 unspecified atom stereocenters. The zero-order valence-electron chi connectivity index (χ0n) is 17.6. The van der Waals surface area contributed by atoms with Gasteiger partial charge in [-0.3, -0.25) is 9.48 Å². The van der Waals surface area contributed by atoms with Gasteiger partial charge in [0.15, 0.2) is 0 Å². The summed E-state index contributed by atoms with van der Waals surface area (Å²) < 4.78 is 29.5. The van der Waals surface area contributed by atoms with Gasteiger partial charge >= 0.3 is 0 Å². The predicted octanol–water partition coefficient (Wildman–Crippen LogP) is 2.65. The fourth-order valence-electron chi connectivity index (χ4n) is 4.31. The number of rotatable bonds is 5. The Morgan fingerprint density at radius 2 is 1.84 bits per heavy atom. The van der Waals surface area contributed by atoms with Gasteiger partial charge in [0, 0.05) is 56.2 Å². The number of hydrogen-bond acceptors (Lipinski definition) is 5. The number of amides is 1. The van der Waals surface area contributed by atoms with Crippen LogP contribution in [0.1, 0.15) is 42.5 Å². The highest BCUT2D eigenvalue weighted by atomic mass is 35.5. The average molecular weight is 466 g/mol. The van der Waals surface area contributed by atoms with E-state index >= 15 is 0 Å². The van der Waals surface area contributed by atoms with Crippen molar-refractivity contribution in [3.8, 4) is 0 Å². The number of halogens is 1. The number of aryl methyl sites for hydroxylation is 1. The van der Waals surface area contributed by atoms with Gasteiger partial charge in [-0.05, 0) is 31.0 Å². The Kier molecular flexibility index (Phi) is 6.55. The molecule has 1 aromatic heterocycles. The number of aromatic nitrogens is 2. The maximum absolute atomic E-state index is 13.3. The highest BCUT2D eigenvalue weighted by molar-refractivity contribution is 7.89. The first-order valence-corrected chi connectivity index (χ1v) is 12.5. The molecule has 2 aliphatic rings. The summed E-state index contributed by atoms with van der Waals surface area (Å²) in [6.07, 6.45) is 6.70. The van der Waals surface area contributed by atoms with E-state index < -0.39 is 10.0 Å². The monoisotopic (exact) mass is 465 g/mol. The minimum absolute atomic E-state index is 0.0956. The number of anilines is 1. The van der Waals surface area contributed by atoms with Gasteiger partial charge in [-0.15, -0.1) is 0 Å². The molecule has 1 aliphatic carbocycles. The summed E-state index contributed by atoms with van der Waals surface area (Å²) in [5, 5.41) is 7.64. The molecule has 0 atom stereocenters. The van der Waals surface area contributed by atoms with E-state index in [9.17, 15) is 13.2 Å². The molecule has 31 heavy (non-hydrogen) atoms. The third kappa shape index (κ3) is 4.88. The minimum atomic E-state index is -3.88. The molecule has 1 saturated heterocycles. The first-order valence-electron chi connectivity index (χ1n) is 10.7. The van der Waals surface area contributed by atoms with Crippen molar-refractivity contribution in [1.82, 2.24) is 19.4 Å². The van der Waals surface area contributed by atoms with Gasteiger partial charge in [0.25, 0.3) is 15.9 Å². The van der Waals surface area contributed by atoms with Crippen LogP contribution >= 0.6 is 11.6 Å². The van der Waals surface area contributed by atoms with Crippen LogP contribution in [0, 0.1) is 0 Å². The van der Waals surface area contributed by atoms with Gasteiger partial charge in [0.1, 0.15) is 0 Å². The second-order valence-corrected chi connectivity index (χ2v) is 10.5. The van der Waals surface area contributed by atoms with Crippen molar-refractivity contribution in [3.05, 3.63) is 41.0 Å². The minimum Gasteiger partial charge on any atom is -0.369 e. The molecule has 1 amide bonds. The van der Waals surface area contributed by atoms with Crippen molar-refractivity contribution in [2.45, 2.75) is 43.2 Å². The molecule has 168 valence electrons. The highest BCUT2D eigenvalue weighted by Gasteiger charge is 2.35. The molecule has 0 bridgehead atoms. The summed E-state index contributed by atoms with van der Waals surface area (Å²) in [4.78, 5) is 15.0. The number of piperazine rings is 1. The van der Waals surface area contributed by atoms with E-state index in [-0.39, 0.29) is 22.5 Å². The van der Waals surface area contributed by atoms with Crippen LogP contribution in [-0.4, -0.2) is 60.6 Å². The van der Waals surface area contributed by atoms with Crippen LogP contribution in [0.15, 0.2) is 35.5 Å². The molecule has 0 radical (unpaired) electrons. The molecule has 8 nitrogen and oxygen atoms in total. The number of benzene rings is 1. The van der Waals surface area contributed by atoms with E-state index in [4.69, 9.17) is 11.6 Å². The highest BCUT2D eigenvalue weighted by Crippen LogP contribution is 2.25. The third-order valence-electron chi connectivity index (χ3n) is 5.98. The van der Waals surface area contributed by atoms with Gasteiger partial charge in [-0.25, -0.2) is 8.42 Å². The van der Waals surface area contributed by atoms with Crippen LogP contribution in [0.25, 0.3) is 0 Å². The molecule has 1 N–H and O–H groups in total. The lowest BCUT2D eigenvalue weighted by Gasteiger charge is -2.35. The maximum Gasteiger partial charge on any atom is 0.263 e. The SMILES string of the molecule is Cn1cc(C(=O)NC2CCCCC2)c(S(=O)(=O)N2CCN(c3cccc(Cl)c3)CC2)n1. The lowest BCUT2D eigenvalue weighted by atomic mass is 9.95. The van der Waals surface area contributed by atoms with E-state index in [1.165, 1.54) is 21.6 Å². The summed E-state index contributed by atoms with van der Waals surface area (Å²) >= 11 is 6.08. The predicted molar refractivity (Wildman–Crippen MR) is 120 cm³/mol.